The minimum absolute atomic E-state index is 0.103. The van der Waals surface area contributed by atoms with Gasteiger partial charge in [-0.15, -0.1) is 11.3 Å². The first-order valence-corrected chi connectivity index (χ1v) is 7.68. The predicted octanol–water partition coefficient (Wildman–Crippen LogP) is 2.54. The molecule has 1 aromatic carbocycles. The first-order chi connectivity index (χ1) is 10.2. The summed E-state index contributed by atoms with van der Waals surface area (Å²) in [6.07, 6.45) is -0.0711. The van der Waals surface area contributed by atoms with E-state index in [0.29, 0.717) is 17.8 Å². The Morgan fingerprint density at radius 3 is 2.81 bits per heavy atom. The van der Waals surface area contributed by atoms with Crippen LogP contribution in [0.3, 0.4) is 0 Å². The number of aliphatic hydroxyl groups is 1. The van der Waals surface area contributed by atoms with E-state index in [2.05, 4.69) is 5.32 Å². The minimum Gasteiger partial charge on any atom is -0.391 e. The number of carbonyl (C=O) groups is 1. The van der Waals surface area contributed by atoms with Crippen molar-refractivity contribution in [1.82, 2.24) is 5.32 Å². The number of carbonyl (C=O) groups excluding carboxylic acids is 1. The molecular formula is C16H19NO3S. The van der Waals surface area contributed by atoms with Gasteiger partial charge in [-0.1, -0.05) is 30.3 Å². The molecule has 0 saturated carbocycles. The van der Waals surface area contributed by atoms with Gasteiger partial charge in [-0.3, -0.25) is 4.79 Å². The molecular weight excluding hydrogens is 286 g/mol. The van der Waals surface area contributed by atoms with Crippen LogP contribution in [-0.2, 0) is 4.74 Å². The number of aliphatic hydroxyl groups excluding tert-OH is 1. The lowest BCUT2D eigenvalue weighted by atomic mass is 10.1. The second kappa shape index (κ2) is 7.93. The molecule has 2 aromatic rings. The maximum absolute atomic E-state index is 12.2. The van der Waals surface area contributed by atoms with Crippen LogP contribution in [0.2, 0.25) is 0 Å². The highest BCUT2D eigenvalue weighted by Crippen LogP contribution is 2.27. The molecule has 0 spiro atoms. The predicted molar refractivity (Wildman–Crippen MR) is 84.6 cm³/mol. The number of hydrogen-bond acceptors (Lipinski definition) is 4. The summed E-state index contributed by atoms with van der Waals surface area (Å²) in [5, 5.41) is 14.3. The highest BCUT2D eigenvalue weighted by Gasteiger charge is 2.14. The maximum Gasteiger partial charge on any atom is 0.261 e. The summed E-state index contributed by atoms with van der Waals surface area (Å²) in [4.78, 5) is 12.9. The van der Waals surface area contributed by atoms with Crippen LogP contribution < -0.4 is 5.32 Å². The summed E-state index contributed by atoms with van der Waals surface area (Å²) in [5.41, 5.74) is 1.97. The van der Waals surface area contributed by atoms with Crippen molar-refractivity contribution in [2.24, 2.45) is 0 Å². The van der Waals surface area contributed by atoms with Crippen LogP contribution in [0.15, 0.2) is 41.8 Å². The zero-order valence-electron chi connectivity index (χ0n) is 11.9. The van der Waals surface area contributed by atoms with Gasteiger partial charge in [0.2, 0.25) is 0 Å². The lowest BCUT2D eigenvalue weighted by Gasteiger charge is -2.10. The fourth-order valence-electron chi connectivity index (χ4n) is 2.04. The number of thiophene rings is 1. The zero-order chi connectivity index (χ0) is 15.1. The van der Waals surface area contributed by atoms with Gasteiger partial charge in [0.05, 0.1) is 17.6 Å². The van der Waals surface area contributed by atoms with Gasteiger partial charge in [0.1, 0.15) is 0 Å². The maximum atomic E-state index is 12.2. The Hall–Kier alpha value is -1.69. The van der Waals surface area contributed by atoms with E-state index in [1.54, 1.807) is 7.11 Å². The summed E-state index contributed by atoms with van der Waals surface area (Å²) >= 11 is 1.42. The molecule has 0 radical (unpaired) electrons. The Morgan fingerprint density at radius 1 is 1.33 bits per heavy atom. The number of benzene rings is 1. The quantitative estimate of drug-likeness (QED) is 0.826. The summed E-state index contributed by atoms with van der Waals surface area (Å²) in [7, 11) is 1.54. The van der Waals surface area contributed by atoms with Crippen molar-refractivity contribution in [1.29, 1.82) is 0 Å². The minimum atomic E-state index is -0.549. The van der Waals surface area contributed by atoms with Crippen LogP contribution in [0.4, 0.5) is 0 Å². The molecule has 112 valence electrons. The second-order valence-corrected chi connectivity index (χ2v) is 5.60. The van der Waals surface area contributed by atoms with Gasteiger partial charge >= 0.3 is 0 Å². The average molecular weight is 305 g/mol. The molecule has 21 heavy (non-hydrogen) atoms. The molecule has 1 heterocycles. The van der Waals surface area contributed by atoms with Crippen LogP contribution in [-0.4, -0.2) is 37.4 Å². The molecule has 1 amide bonds. The van der Waals surface area contributed by atoms with Crippen molar-refractivity contribution in [3.8, 4) is 11.1 Å². The van der Waals surface area contributed by atoms with E-state index in [0.717, 1.165) is 11.1 Å². The third-order valence-electron chi connectivity index (χ3n) is 3.08. The van der Waals surface area contributed by atoms with Crippen LogP contribution >= 0.6 is 11.3 Å². The fourth-order valence-corrected chi connectivity index (χ4v) is 2.87. The van der Waals surface area contributed by atoms with Crippen molar-refractivity contribution in [2.75, 3.05) is 20.3 Å². The largest absolute Gasteiger partial charge is 0.391 e. The number of nitrogens with one attached hydrogen (secondary N) is 1. The molecule has 1 aromatic heterocycles. The number of ether oxygens (including phenoxy) is 1. The normalized spacial score (nSPS) is 12.1. The molecule has 1 atom stereocenters. The SMILES string of the molecule is COCC(O)CCNC(=O)c1sccc1-c1ccccc1. The fraction of sp³-hybridized carbons (Fsp3) is 0.312. The highest BCUT2D eigenvalue weighted by atomic mass is 32.1. The molecule has 0 fully saturated rings. The van der Waals surface area contributed by atoms with Crippen LogP contribution in [0, 0.1) is 0 Å². The Balaban J connectivity index is 1.96. The van der Waals surface area contributed by atoms with Gasteiger partial charge in [-0.2, -0.15) is 0 Å². The molecule has 2 rings (SSSR count). The van der Waals surface area contributed by atoms with Crippen LogP contribution in [0.1, 0.15) is 16.1 Å². The van der Waals surface area contributed by atoms with Gasteiger partial charge in [0.15, 0.2) is 0 Å². The van der Waals surface area contributed by atoms with Crippen molar-refractivity contribution < 1.29 is 14.6 Å². The summed E-state index contributed by atoms with van der Waals surface area (Å²) in [5.74, 6) is -0.103. The number of methoxy groups -OCH3 is 1. The van der Waals surface area contributed by atoms with E-state index >= 15 is 0 Å². The Bertz CT molecular complexity index is 568. The van der Waals surface area contributed by atoms with Crippen molar-refractivity contribution >= 4 is 17.2 Å². The smallest absolute Gasteiger partial charge is 0.261 e. The van der Waals surface area contributed by atoms with Gasteiger partial charge in [-0.25, -0.2) is 0 Å². The molecule has 0 saturated heterocycles. The topological polar surface area (TPSA) is 58.6 Å². The van der Waals surface area contributed by atoms with E-state index in [9.17, 15) is 9.90 Å². The van der Waals surface area contributed by atoms with E-state index in [-0.39, 0.29) is 12.5 Å². The van der Waals surface area contributed by atoms with Crippen molar-refractivity contribution in [3.05, 3.63) is 46.7 Å². The molecule has 0 bridgehead atoms. The van der Waals surface area contributed by atoms with E-state index < -0.39 is 6.10 Å². The molecule has 5 heteroatoms. The third-order valence-corrected chi connectivity index (χ3v) is 3.99. The van der Waals surface area contributed by atoms with Gasteiger partial charge in [0.25, 0.3) is 5.91 Å². The van der Waals surface area contributed by atoms with Crippen LogP contribution in [0.25, 0.3) is 11.1 Å². The first-order valence-electron chi connectivity index (χ1n) is 6.80. The number of amides is 1. The molecule has 4 nitrogen and oxygen atoms in total. The third kappa shape index (κ3) is 4.39. The Morgan fingerprint density at radius 2 is 2.10 bits per heavy atom. The van der Waals surface area contributed by atoms with Gasteiger partial charge in [0, 0.05) is 19.2 Å². The molecule has 0 aliphatic heterocycles. The second-order valence-electron chi connectivity index (χ2n) is 4.68. The Kier molecular flexibility index (Phi) is 5.92. The van der Waals surface area contributed by atoms with E-state index in [4.69, 9.17) is 4.74 Å². The summed E-state index contributed by atoms with van der Waals surface area (Å²) in [6, 6.07) is 11.8. The Labute approximate surface area is 128 Å². The van der Waals surface area contributed by atoms with Crippen molar-refractivity contribution in [3.63, 3.8) is 0 Å². The lowest BCUT2D eigenvalue weighted by molar-refractivity contribution is 0.0588. The molecule has 0 aliphatic rings. The van der Waals surface area contributed by atoms with Gasteiger partial charge < -0.3 is 15.2 Å². The lowest BCUT2D eigenvalue weighted by Crippen LogP contribution is -2.28. The van der Waals surface area contributed by atoms with Crippen molar-refractivity contribution in [2.45, 2.75) is 12.5 Å². The molecule has 2 N–H and O–H groups in total. The standard InChI is InChI=1S/C16H19NO3S/c1-20-11-13(18)7-9-17-16(19)15-14(8-10-21-15)12-5-3-2-4-6-12/h2-6,8,10,13,18H,7,9,11H2,1H3,(H,17,19). The zero-order valence-corrected chi connectivity index (χ0v) is 12.7. The summed E-state index contributed by atoms with van der Waals surface area (Å²) < 4.78 is 4.85. The average Bonchev–Trinajstić information content (AvgIpc) is 2.98. The first kappa shape index (κ1) is 15.7. The van der Waals surface area contributed by atoms with Crippen LogP contribution in [0.5, 0.6) is 0 Å². The molecule has 0 aliphatic carbocycles. The van der Waals surface area contributed by atoms with Gasteiger partial charge in [-0.05, 0) is 23.4 Å². The summed E-state index contributed by atoms with van der Waals surface area (Å²) in [6.45, 7) is 0.708. The molecule has 1 unspecified atom stereocenters. The van der Waals surface area contributed by atoms with E-state index in [1.165, 1.54) is 11.3 Å². The van der Waals surface area contributed by atoms with E-state index in [1.807, 2.05) is 41.8 Å². The monoisotopic (exact) mass is 305 g/mol. The highest BCUT2D eigenvalue weighted by molar-refractivity contribution is 7.12. The number of rotatable bonds is 7. The number of hydrogen-bond donors (Lipinski definition) is 2.